The molecule has 1 aliphatic heterocycles. The lowest BCUT2D eigenvalue weighted by Crippen LogP contribution is -2.31. The maximum absolute atomic E-state index is 13.5. The third-order valence-corrected chi connectivity index (χ3v) is 6.80. The fraction of sp³-hybridized carbons (Fsp3) is 0.333. The summed E-state index contributed by atoms with van der Waals surface area (Å²) in [7, 11) is 0. The molecule has 7 nitrogen and oxygen atoms in total. The summed E-state index contributed by atoms with van der Waals surface area (Å²) in [5.74, 6) is 0.201. The molecule has 3 aromatic rings. The molecule has 0 radical (unpaired) electrons. The van der Waals surface area contributed by atoms with Crippen LogP contribution in [0.3, 0.4) is 0 Å². The lowest BCUT2D eigenvalue weighted by atomic mass is 9.94. The molecule has 210 valence electrons. The first-order chi connectivity index (χ1) is 19.5. The first-order valence-electron chi connectivity index (χ1n) is 13.9. The maximum Gasteiger partial charge on any atom is 0.295 e. The van der Waals surface area contributed by atoms with Crippen LogP contribution in [0.4, 0.5) is 0 Å². The van der Waals surface area contributed by atoms with E-state index in [0.717, 1.165) is 18.4 Å². The van der Waals surface area contributed by atoms with Gasteiger partial charge in [0.2, 0.25) is 0 Å². The van der Waals surface area contributed by atoms with Crippen LogP contribution in [0.15, 0.2) is 78.4 Å². The summed E-state index contributed by atoms with van der Waals surface area (Å²) in [5.41, 5.74) is 2.18. The molecule has 7 heteroatoms. The molecule has 0 aliphatic carbocycles. The zero-order valence-electron chi connectivity index (χ0n) is 23.4. The Labute approximate surface area is 236 Å². The lowest BCUT2D eigenvalue weighted by molar-refractivity contribution is -0.139. The maximum atomic E-state index is 13.5. The van der Waals surface area contributed by atoms with E-state index in [1.807, 2.05) is 62.4 Å². The number of rotatable bonds is 13. The van der Waals surface area contributed by atoms with Crippen molar-refractivity contribution in [2.45, 2.75) is 46.1 Å². The number of hydrogen-bond acceptors (Lipinski definition) is 6. The van der Waals surface area contributed by atoms with Crippen LogP contribution < -0.4 is 14.2 Å². The Hall–Kier alpha value is -4.26. The Bertz CT molecular complexity index is 1330. The number of unbranched alkanes of at least 4 members (excludes halogenated alkanes) is 1. The Kier molecular flexibility index (Phi) is 9.84. The number of ketones is 1. The first-order valence-corrected chi connectivity index (χ1v) is 13.9. The third-order valence-electron chi connectivity index (χ3n) is 6.80. The number of aliphatic hydroxyl groups is 1. The molecule has 0 saturated carbocycles. The molecule has 40 heavy (non-hydrogen) atoms. The zero-order chi connectivity index (χ0) is 28.5. The van der Waals surface area contributed by atoms with Crippen molar-refractivity contribution in [2.24, 2.45) is 0 Å². The van der Waals surface area contributed by atoms with Crippen LogP contribution in [0.1, 0.15) is 56.3 Å². The molecule has 1 fully saturated rings. The van der Waals surface area contributed by atoms with Crippen LogP contribution in [-0.2, 0) is 16.0 Å². The van der Waals surface area contributed by atoms with Crippen LogP contribution in [-0.4, -0.2) is 48.1 Å². The average molecular weight is 544 g/mol. The van der Waals surface area contributed by atoms with Gasteiger partial charge in [0, 0.05) is 12.1 Å². The highest BCUT2D eigenvalue weighted by molar-refractivity contribution is 6.46. The summed E-state index contributed by atoms with van der Waals surface area (Å²) in [6, 6.07) is 21.3. The van der Waals surface area contributed by atoms with Gasteiger partial charge in [-0.3, -0.25) is 9.59 Å². The zero-order valence-corrected chi connectivity index (χ0v) is 23.4. The van der Waals surface area contributed by atoms with E-state index in [2.05, 4.69) is 6.92 Å². The second kappa shape index (κ2) is 13.7. The minimum Gasteiger partial charge on any atom is -0.507 e. The van der Waals surface area contributed by atoms with Crippen LogP contribution in [0.2, 0.25) is 0 Å². The minimum absolute atomic E-state index is 0.0457. The number of amides is 1. The van der Waals surface area contributed by atoms with Gasteiger partial charge in [-0.1, -0.05) is 49.7 Å². The first kappa shape index (κ1) is 28.7. The molecule has 1 saturated heterocycles. The normalized spacial score (nSPS) is 16.3. The summed E-state index contributed by atoms with van der Waals surface area (Å²) in [6.07, 6.45) is 2.47. The van der Waals surface area contributed by atoms with Crippen LogP contribution in [0, 0.1) is 0 Å². The molecular formula is C33H37NO6. The minimum atomic E-state index is -0.792. The van der Waals surface area contributed by atoms with Crippen LogP contribution in [0.5, 0.6) is 17.2 Å². The van der Waals surface area contributed by atoms with E-state index < -0.39 is 17.7 Å². The standard InChI is InChI=1S/C33H37NO6/c1-4-7-21-40-27-18-15-25(22-28(27)39-6-3)30-29(31(35)24-13-16-26(17-14-24)38-5-2)32(36)33(37)34(30)20-19-23-11-9-8-10-12-23/h8-18,22,30,35H,4-7,19-21H2,1-3H3. The van der Waals surface area contributed by atoms with Crippen molar-refractivity contribution in [3.8, 4) is 17.2 Å². The molecule has 0 spiro atoms. The number of benzene rings is 3. The van der Waals surface area contributed by atoms with Gasteiger partial charge in [-0.25, -0.2) is 0 Å². The van der Waals surface area contributed by atoms with Crippen LogP contribution in [0.25, 0.3) is 5.76 Å². The average Bonchev–Trinajstić information content (AvgIpc) is 3.23. The van der Waals surface area contributed by atoms with Gasteiger partial charge in [-0.2, -0.15) is 0 Å². The van der Waals surface area contributed by atoms with Crippen molar-refractivity contribution in [3.05, 3.63) is 95.1 Å². The van der Waals surface area contributed by atoms with Crippen molar-refractivity contribution < 1.29 is 28.9 Å². The Morgan fingerprint density at radius 2 is 1.57 bits per heavy atom. The van der Waals surface area contributed by atoms with E-state index in [4.69, 9.17) is 14.2 Å². The molecule has 1 amide bonds. The quantitative estimate of drug-likeness (QED) is 0.117. The number of carbonyl (C=O) groups excluding carboxylic acids is 2. The summed E-state index contributed by atoms with van der Waals surface area (Å²) in [4.78, 5) is 28.4. The summed E-state index contributed by atoms with van der Waals surface area (Å²) >= 11 is 0. The van der Waals surface area contributed by atoms with Crippen molar-refractivity contribution in [2.75, 3.05) is 26.4 Å². The second-order valence-electron chi connectivity index (χ2n) is 9.53. The van der Waals surface area contributed by atoms with E-state index in [1.165, 1.54) is 4.90 Å². The Morgan fingerprint density at radius 3 is 2.25 bits per heavy atom. The number of nitrogens with zero attached hydrogens (tertiary/aromatic N) is 1. The van der Waals surface area contributed by atoms with E-state index in [1.54, 1.807) is 24.3 Å². The molecule has 0 aromatic heterocycles. The molecule has 1 heterocycles. The fourth-order valence-corrected chi connectivity index (χ4v) is 4.79. The predicted molar refractivity (Wildman–Crippen MR) is 155 cm³/mol. The van der Waals surface area contributed by atoms with E-state index in [9.17, 15) is 14.7 Å². The molecule has 1 aliphatic rings. The van der Waals surface area contributed by atoms with Crippen molar-refractivity contribution in [1.82, 2.24) is 4.90 Å². The van der Waals surface area contributed by atoms with E-state index >= 15 is 0 Å². The molecule has 4 rings (SSSR count). The van der Waals surface area contributed by atoms with E-state index in [-0.39, 0.29) is 11.3 Å². The molecule has 0 bridgehead atoms. The van der Waals surface area contributed by atoms with Gasteiger partial charge < -0.3 is 24.2 Å². The number of Topliss-reactive ketones (excluding diaryl/α,β-unsaturated/α-hetero) is 1. The second-order valence-corrected chi connectivity index (χ2v) is 9.53. The third kappa shape index (κ3) is 6.47. The van der Waals surface area contributed by atoms with Gasteiger partial charge in [-0.15, -0.1) is 0 Å². The highest BCUT2D eigenvalue weighted by atomic mass is 16.5. The molecule has 1 N–H and O–H groups in total. The number of hydrogen-bond donors (Lipinski definition) is 1. The van der Waals surface area contributed by atoms with Crippen molar-refractivity contribution in [1.29, 1.82) is 0 Å². The lowest BCUT2D eigenvalue weighted by Gasteiger charge is -2.26. The van der Waals surface area contributed by atoms with Gasteiger partial charge >= 0.3 is 0 Å². The van der Waals surface area contributed by atoms with Gasteiger partial charge in [0.05, 0.1) is 31.4 Å². The molecular weight excluding hydrogens is 506 g/mol. The Morgan fingerprint density at radius 1 is 0.850 bits per heavy atom. The molecule has 1 unspecified atom stereocenters. The van der Waals surface area contributed by atoms with Gasteiger partial charge in [0.25, 0.3) is 11.7 Å². The van der Waals surface area contributed by atoms with Gasteiger partial charge in [0.15, 0.2) is 11.5 Å². The predicted octanol–water partition coefficient (Wildman–Crippen LogP) is 6.33. The van der Waals surface area contributed by atoms with Gasteiger partial charge in [-0.05, 0) is 74.2 Å². The van der Waals surface area contributed by atoms with Crippen molar-refractivity contribution in [3.63, 3.8) is 0 Å². The highest BCUT2D eigenvalue weighted by Gasteiger charge is 2.46. The summed E-state index contributed by atoms with van der Waals surface area (Å²) in [5, 5.41) is 11.4. The molecule has 1 atom stereocenters. The topological polar surface area (TPSA) is 85.3 Å². The number of aliphatic hydroxyl groups excluding tert-OH is 1. The fourth-order valence-electron chi connectivity index (χ4n) is 4.79. The summed E-state index contributed by atoms with van der Waals surface area (Å²) < 4.78 is 17.4. The number of likely N-dealkylation sites (tertiary alicyclic amines) is 1. The smallest absolute Gasteiger partial charge is 0.295 e. The number of carbonyl (C=O) groups is 2. The van der Waals surface area contributed by atoms with Gasteiger partial charge in [0.1, 0.15) is 11.5 Å². The largest absolute Gasteiger partial charge is 0.507 e. The van der Waals surface area contributed by atoms with E-state index in [0.29, 0.717) is 61.2 Å². The molecule has 3 aromatic carbocycles. The monoisotopic (exact) mass is 543 g/mol. The van der Waals surface area contributed by atoms with Crippen molar-refractivity contribution >= 4 is 17.4 Å². The Balaban J connectivity index is 1.78. The summed E-state index contributed by atoms with van der Waals surface area (Å²) in [6.45, 7) is 7.67. The SMILES string of the molecule is CCCCOc1ccc(C2C(=C(O)c3ccc(OCC)cc3)C(=O)C(=O)N2CCc2ccccc2)cc1OCC. The van der Waals surface area contributed by atoms with Crippen LogP contribution >= 0.6 is 0 Å². The highest BCUT2D eigenvalue weighted by Crippen LogP contribution is 2.42. The number of ether oxygens (including phenoxy) is 3.